The summed E-state index contributed by atoms with van der Waals surface area (Å²) in [6, 6.07) is 2.82. The number of nitrogens with zero attached hydrogens (tertiary/aromatic N) is 1. The minimum Gasteiger partial charge on any atom is -0.452 e. The Morgan fingerprint density at radius 1 is 1.26 bits per heavy atom. The third-order valence-corrected chi connectivity index (χ3v) is 4.39. The molecule has 0 unspecified atom stereocenters. The van der Waals surface area contributed by atoms with E-state index in [4.69, 9.17) is 33.7 Å². The number of halogens is 2. The molecule has 1 aromatic rings. The van der Waals surface area contributed by atoms with Gasteiger partial charge in [-0.2, -0.15) is 0 Å². The van der Waals surface area contributed by atoms with Gasteiger partial charge < -0.3 is 15.4 Å². The standard InChI is InChI=1S/C16H20Cl2N2O3/c1-9-3-10(2)7-20(6-9)14(21)8-23-16(22)12-4-11(17)5-13(18)15(12)19/h4-5,9-10H,3,6-8,19H2,1-2H3/t9-,10-/m1/s1. The van der Waals surface area contributed by atoms with E-state index < -0.39 is 5.97 Å². The molecule has 2 atom stereocenters. The maximum absolute atomic E-state index is 12.2. The zero-order chi connectivity index (χ0) is 17.1. The van der Waals surface area contributed by atoms with Crippen molar-refractivity contribution in [2.24, 2.45) is 11.8 Å². The van der Waals surface area contributed by atoms with Crippen molar-refractivity contribution in [3.8, 4) is 0 Å². The molecule has 1 aliphatic heterocycles. The number of nitrogen functional groups attached to an aromatic ring is 1. The van der Waals surface area contributed by atoms with Gasteiger partial charge in [-0.25, -0.2) is 4.79 Å². The highest BCUT2D eigenvalue weighted by atomic mass is 35.5. The van der Waals surface area contributed by atoms with E-state index in [1.165, 1.54) is 12.1 Å². The van der Waals surface area contributed by atoms with E-state index in [9.17, 15) is 9.59 Å². The monoisotopic (exact) mass is 358 g/mol. The van der Waals surface area contributed by atoms with Crippen LogP contribution in [0.25, 0.3) is 0 Å². The molecule has 0 saturated carbocycles. The summed E-state index contributed by atoms with van der Waals surface area (Å²) in [5, 5.41) is 0.454. The van der Waals surface area contributed by atoms with Crippen molar-refractivity contribution >= 4 is 40.8 Å². The maximum atomic E-state index is 12.2. The molecule has 5 nitrogen and oxygen atoms in total. The SMILES string of the molecule is C[C@@H]1C[C@@H](C)CN(C(=O)COC(=O)c2cc(Cl)cc(Cl)c2N)C1. The van der Waals surface area contributed by atoms with Gasteiger partial charge in [0.25, 0.3) is 5.91 Å². The Bertz CT molecular complexity index is 612. The quantitative estimate of drug-likeness (QED) is 0.664. The highest BCUT2D eigenvalue weighted by molar-refractivity contribution is 6.37. The van der Waals surface area contributed by atoms with Crippen LogP contribution in [0.3, 0.4) is 0 Å². The molecule has 1 fully saturated rings. The number of esters is 1. The molecule has 0 spiro atoms. The highest BCUT2D eigenvalue weighted by Gasteiger charge is 2.26. The average Bonchev–Trinajstić information content (AvgIpc) is 2.47. The number of carbonyl (C=O) groups is 2. The Morgan fingerprint density at radius 3 is 2.48 bits per heavy atom. The lowest BCUT2D eigenvalue weighted by Crippen LogP contribution is -2.44. The fourth-order valence-electron chi connectivity index (χ4n) is 2.92. The van der Waals surface area contributed by atoms with Crippen LogP contribution >= 0.6 is 23.2 Å². The van der Waals surface area contributed by atoms with E-state index in [-0.39, 0.29) is 33.8 Å². The predicted octanol–water partition coefficient (Wildman–Crippen LogP) is 3.24. The van der Waals surface area contributed by atoms with Crippen LogP contribution in [0.1, 0.15) is 30.6 Å². The zero-order valence-corrected chi connectivity index (χ0v) is 14.7. The summed E-state index contributed by atoms with van der Waals surface area (Å²) in [7, 11) is 0. The van der Waals surface area contributed by atoms with Crippen LogP contribution in [-0.2, 0) is 9.53 Å². The van der Waals surface area contributed by atoms with Crippen LogP contribution in [-0.4, -0.2) is 36.5 Å². The largest absolute Gasteiger partial charge is 0.452 e. The van der Waals surface area contributed by atoms with E-state index in [0.717, 1.165) is 6.42 Å². The van der Waals surface area contributed by atoms with Crippen molar-refractivity contribution in [2.75, 3.05) is 25.4 Å². The van der Waals surface area contributed by atoms with Gasteiger partial charge in [0.1, 0.15) is 0 Å². The van der Waals surface area contributed by atoms with Gasteiger partial charge in [0, 0.05) is 18.1 Å². The second-order valence-corrected chi connectivity index (χ2v) is 7.01. The fourth-order valence-corrected chi connectivity index (χ4v) is 3.41. The number of rotatable bonds is 3. The molecule has 2 N–H and O–H groups in total. The summed E-state index contributed by atoms with van der Waals surface area (Å²) < 4.78 is 5.08. The van der Waals surface area contributed by atoms with Crippen LogP contribution in [0.2, 0.25) is 10.0 Å². The van der Waals surface area contributed by atoms with Gasteiger partial charge in [0.05, 0.1) is 16.3 Å². The lowest BCUT2D eigenvalue weighted by atomic mass is 9.92. The molecule has 7 heteroatoms. The van der Waals surface area contributed by atoms with Crippen molar-refractivity contribution < 1.29 is 14.3 Å². The summed E-state index contributed by atoms with van der Waals surface area (Å²) in [6.07, 6.45) is 1.10. The molecular formula is C16H20Cl2N2O3. The molecule has 126 valence electrons. The van der Waals surface area contributed by atoms with Crippen molar-refractivity contribution in [2.45, 2.75) is 20.3 Å². The van der Waals surface area contributed by atoms with Gasteiger partial charge in [-0.15, -0.1) is 0 Å². The molecule has 0 radical (unpaired) electrons. The summed E-state index contributed by atoms with van der Waals surface area (Å²) in [5.41, 5.74) is 5.91. The van der Waals surface area contributed by atoms with Gasteiger partial charge in [0.15, 0.2) is 6.61 Å². The lowest BCUT2D eigenvalue weighted by molar-refractivity contribution is -0.137. The Kier molecular flexibility index (Phi) is 5.76. The Labute approximate surface area is 145 Å². The molecular weight excluding hydrogens is 339 g/mol. The predicted molar refractivity (Wildman–Crippen MR) is 90.7 cm³/mol. The van der Waals surface area contributed by atoms with Gasteiger partial charge >= 0.3 is 5.97 Å². The average molecular weight is 359 g/mol. The molecule has 0 bridgehead atoms. The summed E-state index contributed by atoms with van der Waals surface area (Å²) >= 11 is 11.7. The molecule has 1 heterocycles. The number of likely N-dealkylation sites (tertiary alicyclic amines) is 1. The Balaban J connectivity index is 1.98. The Morgan fingerprint density at radius 2 is 1.87 bits per heavy atom. The van der Waals surface area contributed by atoms with E-state index in [0.29, 0.717) is 24.9 Å². The smallest absolute Gasteiger partial charge is 0.340 e. The fraction of sp³-hybridized carbons (Fsp3) is 0.500. The topological polar surface area (TPSA) is 72.6 Å². The van der Waals surface area contributed by atoms with Crippen LogP contribution in [0.15, 0.2) is 12.1 Å². The number of carbonyl (C=O) groups excluding carboxylic acids is 2. The second kappa shape index (κ2) is 7.41. The number of benzene rings is 1. The molecule has 1 aromatic carbocycles. The first-order valence-electron chi connectivity index (χ1n) is 7.47. The third-order valence-electron chi connectivity index (χ3n) is 3.86. The molecule has 1 saturated heterocycles. The summed E-state index contributed by atoms with van der Waals surface area (Å²) in [5.74, 6) is -0.0247. The zero-order valence-electron chi connectivity index (χ0n) is 13.1. The van der Waals surface area contributed by atoms with E-state index in [2.05, 4.69) is 13.8 Å². The van der Waals surface area contributed by atoms with Crippen LogP contribution in [0.5, 0.6) is 0 Å². The van der Waals surface area contributed by atoms with Crippen LogP contribution in [0.4, 0.5) is 5.69 Å². The van der Waals surface area contributed by atoms with Crippen LogP contribution < -0.4 is 5.73 Å². The molecule has 1 amide bonds. The van der Waals surface area contributed by atoms with Crippen molar-refractivity contribution in [3.05, 3.63) is 27.7 Å². The molecule has 1 aliphatic rings. The van der Waals surface area contributed by atoms with Gasteiger partial charge in [-0.05, 0) is 30.4 Å². The second-order valence-electron chi connectivity index (χ2n) is 6.17. The van der Waals surface area contributed by atoms with Crippen molar-refractivity contribution in [3.63, 3.8) is 0 Å². The molecule has 0 aliphatic carbocycles. The van der Waals surface area contributed by atoms with E-state index in [1.807, 2.05) is 0 Å². The Hall–Kier alpha value is -1.46. The number of ether oxygens (including phenoxy) is 1. The van der Waals surface area contributed by atoms with Gasteiger partial charge in [0.2, 0.25) is 0 Å². The van der Waals surface area contributed by atoms with E-state index >= 15 is 0 Å². The summed E-state index contributed by atoms with van der Waals surface area (Å²) in [6.45, 7) is 5.27. The first-order valence-corrected chi connectivity index (χ1v) is 8.23. The van der Waals surface area contributed by atoms with Gasteiger partial charge in [-0.1, -0.05) is 37.0 Å². The number of amides is 1. The first kappa shape index (κ1) is 17.9. The minimum atomic E-state index is -0.710. The van der Waals surface area contributed by atoms with Crippen molar-refractivity contribution in [1.82, 2.24) is 4.90 Å². The van der Waals surface area contributed by atoms with E-state index in [1.54, 1.807) is 4.90 Å². The number of hydrogen-bond donors (Lipinski definition) is 1. The normalized spacial score (nSPS) is 21.1. The maximum Gasteiger partial charge on any atom is 0.340 e. The number of nitrogens with two attached hydrogens (primary N) is 1. The number of hydrogen-bond acceptors (Lipinski definition) is 4. The number of piperidine rings is 1. The third kappa shape index (κ3) is 4.52. The molecule has 23 heavy (non-hydrogen) atoms. The van der Waals surface area contributed by atoms with Crippen molar-refractivity contribution in [1.29, 1.82) is 0 Å². The first-order chi connectivity index (χ1) is 10.8. The van der Waals surface area contributed by atoms with Crippen LogP contribution in [0, 0.1) is 11.8 Å². The molecule has 2 rings (SSSR count). The minimum absolute atomic E-state index is 0.0654. The summed E-state index contributed by atoms with van der Waals surface area (Å²) in [4.78, 5) is 26.0. The van der Waals surface area contributed by atoms with Gasteiger partial charge in [-0.3, -0.25) is 4.79 Å². The number of anilines is 1. The highest BCUT2D eigenvalue weighted by Crippen LogP contribution is 2.28. The molecule has 0 aromatic heterocycles. The lowest BCUT2D eigenvalue weighted by Gasteiger charge is -2.34.